The molecule has 0 amide bonds. The normalized spacial score (nSPS) is 19.6. The van der Waals surface area contributed by atoms with E-state index in [1.165, 1.54) is 71.3 Å². The molecule has 4 heterocycles. The van der Waals surface area contributed by atoms with Crippen molar-refractivity contribution in [3.05, 3.63) is 119 Å². The predicted octanol–water partition coefficient (Wildman–Crippen LogP) is 14.8. The minimum atomic E-state index is 0.131. The summed E-state index contributed by atoms with van der Waals surface area (Å²) in [5.41, 5.74) is 16.3. The largest absolute Gasteiger partial charge is 0.353 e. The van der Waals surface area contributed by atoms with Gasteiger partial charge in [0.2, 0.25) is 0 Å². The van der Waals surface area contributed by atoms with Gasteiger partial charge in [0.05, 0.1) is 16.4 Å². The summed E-state index contributed by atoms with van der Waals surface area (Å²) < 4.78 is 2.62. The molecule has 342 valence electrons. The molecule has 6 rings (SSSR count). The summed E-state index contributed by atoms with van der Waals surface area (Å²) in [4.78, 5) is 12.6. The lowest BCUT2D eigenvalue weighted by Gasteiger charge is -2.52. The third-order valence-corrected chi connectivity index (χ3v) is 13.8. The van der Waals surface area contributed by atoms with Gasteiger partial charge in [-0.25, -0.2) is 15.0 Å². The van der Waals surface area contributed by atoms with Crippen LogP contribution in [0.3, 0.4) is 0 Å². The van der Waals surface area contributed by atoms with Gasteiger partial charge in [0.1, 0.15) is 5.82 Å². The SMILES string of the molecule is C=C/C=C\C(=C(/C)C(C)CC)c1c(CC(C)(C)CCC=C)c2c(n1CC)CCC(c1csc(C/C(C=C)=N/C(=C)N3CC4CCCCC43)n1)=C2.C=C1CCCN(C)N1.CC.CC. The van der Waals surface area contributed by atoms with Gasteiger partial charge in [-0.2, -0.15) is 0 Å². The van der Waals surface area contributed by atoms with Gasteiger partial charge in [-0.05, 0) is 130 Å². The lowest BCUT2D eigenvalue weighted by atomic mass is 9.77. The number of thiazole rings is 1. The van der Waals surface area contributed by atoms with E-state index in [2.05, 4.69) is 124 Å². The second-order valence-electron chi connectivity index (χ2n) is 17.8. The first-order valence-corrected chi connectivity index (χ1v) is 25.0. The summed E-state index contributed by atoms with van der Waals surface area (Å²) >= 11 is 1.74. The summed E-state index contributed by atoms with van der Waals surface area (Å²) in [6, 6.07) is 0.629. The minimum Gasteiger partial charge on any atom is -0.353 e. The Labute approximate surface area is 384 Å². The summed E-state index contributed by atoms with van der Waals surface area (Å²) in [5, 5.41) is 5.39. The number of likely N-dealkylation sites (tertiary alicyclic amines) is 1. The summed E-state index contributed by atoms with van der Waals surface area (Å²) in [6.45, 7) is 45.7. The molecule has 0 aromatic carbocycles. The van der Waals surface area contributed by atoms with E-state index in [4.69, 9.17) is 9.98 Å². The number of allylic oxidation sites excluding steroid dienone is 9. The van der Waals surface area contributed by atoms with E-state index in [1.54, 1.807) is 11.3 Å². The molecular weight excluding hydrogens is 777 g/mol. The first-order chi connectivity index (χ1) is 29.8. The molecule has 1 N–H and O–H groups in total. The lowest BCUT2D eigenvalue weighted by molar-refractivity contribution is 0.0155. The molecule has 62 heavy (non-hydrogen) atoms. The Bertz CT molecular complexity index is 1930. The van der Waals surface area contributed by atoms with Crippen LogP contribution in [0.15, 0.2) is 90.7 Å². The highest BCUT2D eigenvalue weighted by Gasteiger charge is 2.40. The second-order valence-corrected chi connectivity index (χ2v) is 18.7. The second kappa shape index (κ2) is 26.0. The molecule has 0 radical (unpaired) electrons. The zero-order chi connectivity index (χ0) is 46.0. The average molecular weight is 863 g/mol. The van der Waals surface area contributed by atoms with Gasteiger partial charge < -0.3 is 14.9 Å². The number of hydrogen-bond acceptors (Lipinski definition) is 6. The number of hydrogen-bond donors (Lipinski definition) is 1. The number of nitrogens with zero attached hydrogens (tertiary/aromatic N) is 5. The van der Waals surface area contributed by atoms with Crippen LogP contribution in [0, 0.1) is 17.3 Å². The first kappa shape index (κ1) is 52.4. The van der Waals surface area contributed by atoms with Gasteiger partial charge in [0.15, 0.2) is 0 Å². The number of aliphatic imine (C=N–C) groups is 1. The van der Waals surface area contributed by atoms with Crippen molar-refractivity contribution in [2.75, 3.05) is 20.1 Å². The maximum atomic E-state index is 5.21. The Morgan fingerprint density at radius 1 is 1.06 bits per heavy atom. The third kappa shape index (κ3) is 13.8. The molecule has 3 unspecified atom stereocenters. The molecule has 2 aliphatic heterocycles. The fourth-order valence-electron chi connectivity index (χ4n) is 9.27. The zero-order valence-electron chi connectivity index (χ0n) is 41.3. The predicted molar refractivity (Wildman–Crippen MR) is 276 cm³/mol. The Morgan fingerprint density at radius 2 is 1.79 bits per heavy atom. The fourth-order valence-corrected chi connectivity index (χ4v) is 10.1. The summed E-state index contributed by atoms with van der Waals surface area (Å²) in [7, 11) is 2.03. The topological polar surface area (TPSA) is 48.7 Å². The van der Waals surface area contributed by atoms with E-state index in [0.717, 1.165) is 98.4 Å². The molecule has 3 atom stereocenters. The van der Waals surface area contributed by atoms with E-state index in [1.807, 2.05) is 46.9 Å². The van der Waals surface area contributed by atoms with Crippen LogP contribution in [0.25, 0.3) is 17.2 Å². The van der Waals surface area contributed by atoms with Crippen LogP contribution in [0.2, 0.25) is 0 Å². The standard InChI is InChI=1S/C45H62N4S.C6H12N2.2C2H6/c1-11-16-21-37(32(7)31(6)13-3)44-39(28-45(9,10)25-17-12-2)38-26-34(23-24-42(38)48(44)15-5)40-30-50-43(47-40)27-36(14-4)46-33(8)49-29-35-20-18-19-22-41(35)49;1-6-4-3-5-8(2)7-6;2*1-2/h11-12,14,16,21,26,30-31,35,41H,1-2,4,8,13,15,17-20,22-25,27-29H2,3,5-7,9-10H3;7H,1,3-5H2,2H3;2*1-2H3/b21-16-,37-32-,46-36+;;;. The van der Waals surface area contributed by atoms with Crippen molar-refractivity contribution >= 4 is 34.3 Å². The molecule has 2 aromatic rings. The number of hydrazine groups is 1. The van der Waals surface area contributed by atoms with E-state index >= 15 is 0 Å². The van der Waals surface area contributed by atoms with Crippen molar-refractivity contribution < 1.29 is 0 Å². The van der Waals surface area contributed by atoms with Crippen molar-refractivity contribution in [1.82, 2.24) is 24.9 Å². The van der Waals surface area contributed by atoms with Gasteiger partial charge in [-0.1, -0.05) is 124 Å². The van der Waals surface area contributed by atoms with Crippen LogP contribution in [0.1, 0.15) is 167 Å². The molecule has 0 spiro atoms. The molecule has 3 fully saturated rings. The van der Waals surface area contributed by atoms with Crippen LogP contribution in [-0.2, 0) is 25.8 Å². The molecule has 1 saturated carbocycles. The van der Waals surface area contributed by atoms with Crippen molar-refractivity contribution in [1.29, 1.82) is 0 Å². The highest BCUT2D eigenvalue weighted by atomic mass is 32.1. The van der Waals surface area contributed by atoms with Gasteiger partial charge in [-0.3, -0.25) is 0 Å². The summed E-state index contributed by atoms with van der Waals surface area (Å²) in [6.07, 6.45) is 27.4. The first-order valence-electron chi connectivity index (χ1n) is 24.2. The third-order valence-electron chi connectivity index (χ3n) is 13.0. The molecular formula is C55H86N6S. The summed E-state index contributed by atoms with van der Waals surface area (Å²) in [5.74, 6) is 2.21. The van der Waals surface area contributed by atoms with E-state index in [9.17, 15) is 0 Å². The van der Waals surface area contributed by atoms with Crippen molar-refractivity contribution in [2.24, 2.45) is 22.2 Å². The maximum Gasteiger partial charge on any atom is 0.121 e. The van der Waals surface area contributed by atoms with Gasteiger partial charge in [0.25, 0.3) is 0 Å². The molecule has 2 aliphatic carbocycles. The number of fused-ring (bicyclic) bond motifs is 2. The van der Waals surface area contributed by atoms with Crippen LogP contribution in [-0.4, -0.2) is 51.4 Å². The smallest absolute Gasteiger partial charge is 0.121 e. The van der Waals surface area contributed by atoms with Crippen LogP contribution in [0.4, 0.5) is 0 Å². The quantitative estimate of drug-likeness (QED) is 0.0978. The Morgan fingerprint density at radius 3 is 2.39 bits per heavy atom. The van der Waals surface area contributed by atoms with Gasteiger partial charge in [0, 0.05) is 61.6 Å². The van der Waals surface area contributed by atoms with Gasteiger partial charge >= 0.3 is 0 Å². The monoisotopic (exact) mass is 863 g/mol. The van der Waals surface area contributed by atoms with Gasteiger partial charge in [-0.15, -0.1) is 17.9 Å². The molecule has 7 heteroatoms. The number of aromatic nitrogens is 2. The fraction of sp³-hybridized carbons (Fsp3) is 0.564. The van der Waals surface area contributed by atoms with E-state index in [-0.39, 0.29) is 5.41 Å². The van der Waals surface area contributed by atoms with Crippen molar-refractivity contribution in [3.63, 3.8) is 0 Å². The van der Waals surface area contributed by atoms with Crippen LogP contribution < -0.4 is 5.43 Å². The van der Waals surface area contributed by atoms with Crippen molar-refractivity contribution in [3.8, 4) is 0 Å². The maximum absolute atomic E-state index is 5.21. The van der Waals surface area contributed by atoms with Crippen LogP contribution >= 0.6 is 11.3 Å². The molecule has 2 aromatic heterocycles. The average Bonchev–Trinajstić information content (AvgIpc) is 3.86. The molecule has 0 bridgehead atoms. The van der Waals surface area contributed by atoms with Crippen LogP contribution in [0.5, 0.6) is 0 Å². The van der Waals surface area contributed by atoms with E-state index in [0.29, 0.717) is 18.4 Å². The number of rotatable bonds is 17. The minimum absolute atomic E-state index is 0.131. The zero-order valence-corrected chi connectivity index (χ0v) is 42.1. The van der Waals surface area contributed by atoms with Crippen molar-refractivity contribution in [2.45, 2.75) is 165 Å². The Kier molecular flexibility index (Phi) is 22.0. The molecule has 6 nitrogen and oxygen atoms in total. The Balaban J connectivity index is 0.000000749. The molecule has 4 aliphatic rings. The highest BCUT2D eigenvalue weighted by Crippen LogP contribution is 2.44. The van der Waals surface area contributed by atoms with E-state index < -0.39 is 0 Å². The number of nitrogens with one attached hydrogen (secondary N) is 1. The highest BCUT2D eigenvalue weighted by molar-refractivity contribution is 7.09. The lowest BCUT2D eigenvalue weighted by Crippen LogP contribution is -2.56. The Hall–Kier alpha value is -3.94. The molecule has 2 saturated heterocycles.